The maximum atomic E-state index is 12.3. The first-order valence-electron chi connectivity index (χ1n) is 12.0. The van der Waals surface area contributed by atoms with Gasteiger partial charge in [-0.2, -0.15) is 0 Å². The van der Waals surface area contributed by atoms with E-state index in [1.807, 2.05) is 19.9 Å². The summed E-state index contributed by atoms with van der Waals surface area (Å²) in [5, 5.41) is 20.9. The highest BCUT2D eigenvalue weighted by Gasteiger charge is 2.40. The van der Waals surface area contributed by atoms with E-state index in [1.54, 1.807) is 13.8 Å². The molecule has 182 valence electrons. The molecule has 5 aromatic carbocycles. The lowest BCUT2D eigenvalue weighted by Gasteiger charge is -2.45. The summed E-state index contributed by atoms with van der Waals surface area (Å²) >= 11 is 0.302. The molecule has 4 nitrogen and oxygen atoms in total. The van der Waals surface area contributed by atoms with Crippen LogP contribution in [0.25, 0.3) is 43.1 Å². The minimum Gasteiger partial charge on any atom is -0.465 e. The molecule has 1 N–H and O–H groups in total. The van der Waals surface area contributed by atoms with Crippen LogP contribution in [-0.2, 0) is 17.7 Å². The molecule has 0 aliphatic heterocycles. The van der Waals surface area contributed by atoms with Crippen molar-refractivity contribution in [3.63, 3.8) is 0 Å². The van der Waals surface area contributed by atoms with E-state index in [2.05, 4.69) is 72.8 Å². The van der Waals surface area contributed by atoms with Gasteiger partial charge in [-0.1, -0.05) is 42.5 Å². The second-order valence-electron chi connectivity index (χ2n) is 10.7. The molecular formula is C31H29NO3S. The maximum Gasteiger partial charge on any atom is 0.408 e. The lowest BCUT2D eigenvalue weighted by molar-refractivity contribution is 0.0553. The van der Waals surface area contributed by atoms with Crippen LogP contribution in [0.3, 0.4) is 0 Å². The minimum atomic E-state index is -1.04. The van der Waals surface area contributed by atoms with Crippen LogP contribution in [0.5, 0.6) is 0 Å². The van der Waals surface area contributed by atoms with Gasteiger partial charge in [0.05, 0.1) is 16.8 Å². The van der Waals surface area contributed by atoms with Crippen LogP contribution in [-0.4, -0.2) is 36.8 Å². The average molecular weight is 496 g/mol. The molecule has 0 heterocycles. The van der Waals surface area contributed by atoms with Crippen LogP contribution < -0.4 is 0 Å². The standard InChI is InChI=1S/C31H29NO3S/c1-30(2,32(29(33)34)31(3,4)19-36-35)18-23-11-7-10-22-14-26-15-24-12-20-8-5-6-9-21(20)13-25(24)16-27(26)17-28(22)23/h5-17,19H,18H2,1-4H3,(H,33,34). The van der Waals surface area contributed by atoms with Crippen molar-refractivity contribution in [2.45, 2.75) is 45.2 Å². The number of hydrogen-bond donors (Lipinski definition) is 1. The topological polar surface area (TPSA) is 57.6 Å². The van der Waals surface area contributed by atoms with Gasteiger partial charge in [0.25, 0.3) is 0 Å². The van der Waals surface area contributed by atoms with E-state index < -0.39 is 17.2 Å². The number of hydrogen-bond acceptors (Lipinski definition) is 2. The number of carbonyl (C=O) groups is 1. The van der Waals surface area contributed by atoms with Crippen molar-refractivity contribution in [2.24, 2.45) is 0 Å². The first-order valence-corrected chi connectivity index (χ1v) is 12.8. The second-order valence-corrected chi connectivity index (χ2v) is 11.1. The summed E-state index contributed by atoms with van der Waals surface area (Å²) in [7, 11) is 0. The molecular weight excluding hydrogens is 466 g/mol. The van der Waals surface area contributed by atoms with Crippen LogP contribution in [0, 0.1) is 0 Å². The predicted octanol–water partition coefficient (Wildman–Crippen LogP) is 7.39. The number of fused-ring (bicyclic) bond motifs is 4. The molecule has 0 spiro atoms. The lowest BCUT2D eigenvalue weighted by atomic mass is 9.86. The van der Waals surface area contributed by atoms with Crippen molar-refractivity contribution in [1.29, 1.82) is 0 Å². The molecule has 36 heavy (non-hydrogen) atoms. The van der Waals surface area contributed by atoms with Gasteiger partial charge in [0.2, 0.25) is 0 Å². The Morgan fingerprint density at radius 3 is 1.83 bits per heavy atom. The van der Waals surface area contributed by atoms with Crippen LogP contribution in [0.15, 0.2) is 78.9 Å². The minimum absolute atomic E-state index is 0.302. The maximum absolute atomic E-state index is 12.3. The molecule has 0 fully saturated rings. The molecule has 0 aliphatic carbocycles. The van der Waals surface area contributed by atoms with Gasteiger partial charge in [-0.3, -0.25) is 4.90 Å². The van der Waals surface area contributed by atoms with Gasteiger partial charge in [0.1, 0.15) is 0 Å². The lowest BCUT2D eigenvalue weighted by Crippen LogP contribution is -2.59. The molecule has 0 saturated heterocycles. The number of nitrogens with zero attached hydrogens (tertiary/aromatic N) is 1. The third-order valence-electron chi connectivity index (χ3n) is 7.08. The highest BCUT2D eigenvalue weighted by Crippen LogP contribution is 2.34. The zero-order valence-electron chi connectivity index (χ0n) is 20.9. The van der Waals surface area contributed by atoms with Crippen LogP contribution >= 0.6 is 0 Å². The van der Waals surface area contributed by atoms with Gasteiger partial charge in [0.15, 0.2) is 0 Å². The van der Waals surface area contributed by atoms with E-state index >= 15 is 0 Å². The van der Waals surface area contributed by atoms with Crippen LogP contribution in [0.4, 0.5) is 4.79 Å². The molecule has 5 rings (SSSR count). The Labute approximate surface area is 214 Å². The molecule has 5 heteroatoms. The third kappa shape index (κ3) is 4.24. The van der Waals surface area contributed by atoms with E-state index in [4.69, 9.17) is 0 Å². The Morgan fingerprint density at radius 1 is 0.778 bits per heavy atom. The molecule has 0 bridgehead atoms. The average Bonchev–Trinajstić information content (AvgIpc) is 2.79. The fraction of sp³-hybridized carbons (Fsp3) is 0.226. The van der Waals surface area contributed by atoms with Crippen molar-refractivity contribution in [3.8, 4) is 0 Å². The second kappa shape index (κ2) is 8.75. The zero-order chi connectivity index (χ0) is 25.7. The normalized spacial score (nSPS) is 12.3. The van der Waals surface area contributed by atoms with Crippen LogP contribution in [0.1, 0.15) is 33.3 Å². The smallest absolute Gasteiger partial charge is 0.408 e. The van der Waals surface area contributed by atoms with Gasteiger partial charge < -0.3 is 5.11 Å². The molecule has 1 amide bonds. The number of rotatable bonds is 5. The quantitative estimate of drug-likeness (QED) is 0.204. The summed E-state index contributed by atoms with van der Waals surface area (Å²) in [6, 6.07) is 28.0. The van der Waals surface area contributed by atoms with E-state index in [9.17, 15) is 14.1 Å². The third-order valence-corrected chi connectivity index (χ3v) is 7.75. The Bertz CT molecular complexity index is 1710. The summed E-state index contributed by atoms with van der Waals surface area (Å²) < 4.78 is 11.3. The number of benzene rings is 5. The monoisotopic (exact) mass is 495 g/mol. The zero-order valence-corrected chi connectivity index (χ0v) is 21.7. The SMILES string of the molecule is CC(C)(C=S=O)N(C(=O)O)C(C)(C)Cc1cccc2cc3cc4cc5ccccc5cc4cc3cc12. The fourth-order valence-corrected chi connectivity index (χ4v) is 6.03. The molecule has 0 unspecified atom stereocenters. The highest BCUT2D eigenvalue weighted by atomic mass is 32.1. The van der Waals surface area contributed by atoms with Crippen molar-refractivity contribution >= 4 is 65.8 Å². The van der Waals surface area contributed by atoms with Gasteiger partial charge in [-0.25, -0.2) is 9.00 Å². The fourth-order valence-electron chi connectivity index (χ4n) is 5.69. The number of amides is 1. The van der Waals surface area contributed by atoms with Gasteiger partial charge in [-0.05, 0) is 119 Å². The Balaban J connectivity index is 1.64. The highest BCUT2D eigenvalue weighted by molar-refractivity contribution is 7.65. The van der Waals surface area contributed by atoms with Crippen LogP contribution in [0.2, 0.25) is 0 Å². The first kappa shape index (κ1) is 24.0. The Hall–Kier alpha value is -3.70. The van der Waals surface area contributed by atoms with E-state index in [1.165, 1.54) is 37.2 Å². The summed E-state index contributed by atoms with van der Waals surface area (Å²) in [4.78, 5) is 13.7. The summed E-state index contributed by atoms with van der Waals surface area (Å²) in [6.07, 6.45) is -0.527. The first-order chi connectivity index (χ1) is 17.1. The molecule has 0 aromatic heterocycles. The van der Waals surface area contributed by atoms with Crippen molar-refractivity contribution in [1.82, 2.24) is 4.90 Å². The van der Waals surface area contributed by atoms with Gasteiger partial charge in [0, 0.05) is 10.9 Å². The predicted molar refractivity (Wildman–Crippen MR) is 152 cm³/mol. The van der Waals surface area contributed by atoms with Crippen molar-refractivity contribution in [2.75, 3.05) is 0 Å². The summed E-state index contributed by atoms with van der Waals surface area (Å²) in [5.41, 5.74) is -0.580. The van der Waals surface area contributed by atoms with E-state index in [0.717, 1.165) is 21.7 Å². The van der Waals surface area contributed by atoms with Crippen molar-refractivity contribution < 1.29 is 14.1 Å². The summed E-state index contributed by atoms with van der Waals surface area (Å²) in [6.45, 7) is 7.37. The Kier molecular flexibility index (Phi) is 5.84. The molecule has 5 aromatic rings. The van der Waals surface area contributed by atoms with E-state index in [-0.39, 0.29) is 0 Å². The largest absolute Gasteiger partial charge is 0.465 e. The van der Waals surface area contributed by atoms with Gasteiger partial charge >= 0.3 is 6.09 Å². The Morgan fingerprint density at radius 2 is 1.28 bits per heavy atom. The molecule has 0 atom stereocenters. The number of carboxylic acid groups (broad SMARTS) is 1. The van der Waals surface area contributed by atoms with E-state index in [0.29, 0.717) is 17.7 Å². The molecule has 0 aliphatic rings. The molecule has 0 radical (unpaired) electrons. The molecule has 0 saturated carbocycles. The summed E-state index contributed by atoms with van der Waals surface area (Å²) in [5.74, 6) is 0. The van der Waals surface area contributed by atoms with Crippen molar-refractivity contribution in [3.05, 3.63) is 84.4 Å². The van der Waals surface area contributed by atoms with Gasteiger partial charge in [-0.15, -0.1) is 0 Å².